The number of carbonyl (C=O) groups is 1. The number of hydrogen-bond acceptors (Lipinski definition) is 7. The zero-order valence-electron chi connectivity index (χ0n) is 14.8. The van der Waals surface area contributed by atoms with Gasteiger partial charge in [-0.05, 0) is 44.0 Å². The molecule has 1 aliphatic heterocycles. The fraction of sp³-hybridized carbons (Fsp3) is 0.389. The zero-order valence-corrected chi connectivity index (χ0v) is 14.8. The first-order valence-corrected chi connectivity index (χ1v) is 8.75. The summed E-state index contributed by atoms with van der Waals surface area (Å²) in [7, 11) is 0. The largest absolute Gasteiger partial charge is 0.342 e. The van der Waals surface area contributed by atoms with E-state index in [1.54, 1.807) is 19.1 Å². The summed E-state index contributed by atoms with van der Waals surface area (Å²) in [5, 5.41) is 11.5. The number of carbonyl (C=O) groups excluding carboxylic acids is 1. The Balaban J connectivity index is 1.36. The Labute approximate surface area is 154 Å². The van der Waals surface area contributed by atoms with Crippen molar-refractivity contribution >= 4 is 5.91 Å². The Bertz CT molecular complexity index is 929. The molecule has 0 bridgehead atoms. The molecule has 0 spiro atoms. The molecule has 140 valence electrons. The van der Waals surface area contributed by atoms with Crippen LogP contribution in [0.3, 0.4) is 0 Å². The third kappa shape index (κ3) is 3.71. The molecule has 0 saturated carbocycles. The van der Waals surface area contributed by atoms with Crippen molar-refractivity contribution in [2.45, 2.75) is 32.1 Å². The minimum Gasteiger partial charge on any atom is -0.342 e. The fourth-order valence-electron chi connectivity index (χ4n) is 3.16. The molecule has 9 heteroatoms. The molecule has 0 atom stereocenters. The lowest BCUT2D eigenvalue weighted by Crippen LogP contribution is -2.39. The van der Waals surface area contributed by atoms with Gasteiger partial charge in [-0.1, -0.05) is 15.5 Å². The van der Waals surface area contributed by atoms with Gasteiger partial charge in [-0.15, -0.1) is 0 Å². The summed E-state index contributed by atoms with van der Waals surface area (Å²) in [5.41, 5.74) is 1.89. The third-order valence-corrected chi connectivity index (χ3v) is 4.81. The van der Waals surface area contributed by atoms with Crippen molar-refractivity contribution in [2.24, 2.45) is 0 Å². The van der Waals surface area contributed by atoms with Crippen LogP contribution < -0.4 is 0 Å². The van der Waals surface area contributed by atoms with Crippen LogP contribution in [0.15, 0.2) is 33.4 Å². The first kappa shape index (κ1) is 17.3. The monoisotopic (exact) mass is 371 g/mol. The van der Waals surface area contributed by atoms with Gasteiger partial charge in [-0.3, -0.25) is 4.79 Å². The molecule has 1 aliphatic rings. The van der Waals surface area contributed by atoms with Crippen molar-refractivity contribution in [3.8, 4) is 11.5 Å². The first-order chi connectivity index (χ1) is 13.1. The van der Waals surface area contributed by atoms with E-state index in [1.807, 2.05) is 4.90 Å². The Hall–Kier alpha value is -3.10. The van der Waals surface area contributed by atoms with Gasteiger partial charge in [0.05, 0.1) is 6.42 Å². The number of piperidine rings is 1. The van der Waals surface area contributed by atoms with Gasteiger partial charge in [0.1, 0.15) is 17.2 Å². The smallest absolute Gasteiger partial charge is 0.257 e. The molecule has 3 aromatic rings. The lowest BCUT2D eigenvalue weighted by Gasteiger charge is -2.30. The Kier molecular flexibility index (Phi) is 4.66. The van der Waals surface area contributed by atoms with Crippen molar-refractivity contribution < 1.29 is 18.3 Å². The van der Waals surface area contributed by atoms with E-state index < -0.39 is 0 Å². The second-order valence-electron chi connectivity index (χ2n) is 6.59. The summed E-state index contributed by atoms with van der Waals surface area (Å²) in [4.78, 5) is 18.7. The number of aryl methyl sites for hydroxylation is 1. The number of halogens is 1. The summed E-state index contributed by atoms with van der Waals surface area (Å²) >= 11 is 0. The summed E-state index contributed by atoms with van der Waals surface area (Å²) < 4.78 is 23.0. The number of amides is 1. The molecular weight excluding hydrogens is 353 g/mol. The molecule has 1 amide bonds. The predicted octanol–water partition coefficient (Wildman–Crippen LogP) is 2.52. The van der Waals surface area contributed by atoms with Crippen molar-refractivity contribution in [3.05, 3.63) is 47.3 Å². The first-order valence-electron chi connectivity index (χ1n) is 8.75. The van der Waals surface area contributed by atoms with Gasteiger partial charge in [0.2, 0.25) is 5.91 Å². The van der Waals surface area contributed by atoms with Crippen molar-refractivity contribution in [2.75, 3.05) is 13.1 Å². The average molecular weight is 371 g/mol. The Morgan fingerprint density at radius 2 is 1.93 bits per heavy atom. The van der Waals surface area contributed by atoms with Crippen molar-refractivity contribution in [1.29, 1.82) is 0 Å². The van der Waals surface area contributed by atoms with Crippen LogP contribution in [-0.2, 0) is 11.2 Å². The van der Waals surface area contributed by atoms with Crippen LogP contribution in [-0.4, -0.2) is 44.4 Å². The average Bonchev–Trinajstić information content (AvgIpc) is 3.32. The fourth-order valence-corrected chi connectivity index (χ4v) is 3.16. The van der Waals surface area contributed by atoms with Gasteiger partial charge in [-0.2, -0.15) is 4.98 Å². The predicted molar refractivity (Wildman–Crippen MR) is 91.0 cm³/mol. The molecule has 1 aromatic carbocycles. The SMILES string of the molecule is Cc1nonc1CC(=O)N1CCC(c2noc(-c3ccc(F)cc3)n2)CC1. The van der Waals surface area contributed by atoms with Gasteiger partial charge in [-0.25, -0.2) is 9.02 Å². The van der Waals surface area contributed by atoms with Crippen molar-refractivity contribution in [1.82, 2.24) is 25.4 Å². The van der Waals surface area contributed by atoms with Crippen molar-refractivity contribution in [3.63, 3.8) is 0 Å². The Morgan fingerprint density at radius 3 is 2.59 bits per heavy atom. The third-order valence-electron chi connectivity index (χ3n) is 4.81. The maximum atomic E-state index is 13.0. The van der Waals surface area contributed by atoms with Crippen LogP contribution >= 0.6 is 0 Å². The minimum atomic E-state index is -0.313. The lowest BCUT2D eigenvalue weighted by molar-refractivity contribution is -0.131. The van der Waals surface area contributed by atoms with E-state index in [0.29, 0.717) is 41.8 Å². The van der Waals surface area contributed by atoms with E-state index in [2.05, 4.69) is 25.1 Å². The number of nitrogens with zero attached hydrogens (tertiary/aromatic N) is 5. The minimum absolute atomic E-state index is 0.00682. The molecular formula is C18H18FN5O3. The highest BCUT2D eigenvalue weighted by Crippen LogP contribution is 2.28. The number of benzene rings is 1. The van der Waals surface area contributed by atoms with E-state index in [4.69, 9.17) is 4.52 Å². The summed E-state index contributed by atoms with van der Waals surface area (Å²) in [5.74, 6) is 0.817. The number of likely N-dealkylation sites (tertiary alicyclic amines) is 1. The lowest BCUT2D eigenvalue weighted by atomic mass is 9.96. The number of aromatic nitrogens is 4. The topological polar surface area (TPSA) is 98.2 Å². The second kappa shape index (κ2) is 7.26. The molecule has 0 unspecified atom stereocenters. The van der Waals surface area contributed by atoms with E-state index in [-0.39, 0.29) is 24.1 Å². The molecule has 0 aliphatic carbocycles. The molecule has 8 nitrogen and oxygen atoms in total. The van der Waals surface area contributed by atoms with Gasteiger partial charge in [0.15, 0.2) is 5.82 Å². The molecule has 0 N–H and O–H groups in total. The molecule has 0 radical (unpaired) electrons. The van der Waals surface area contributed by atoms with Crippen LogP contribution in [0.4, 0.5) is 4.39 Å². The van der Waals surface area contributed by atoms with Crippen LogP contribution in [0.5, 0.6) is 0 Å². The van der Waals surface area contributed by atoms with Crippen LogP contribution in [0, 0.1) is 12.7 Å². The highest BCUT2D eigenvalue weighted by molar-refractivity contribution is 5.78. The Morgan fingerprint density at radius 1 is 1.19 bits per heavy atom. The standard InChI is InChI=1S/C18H18FN5O3/c1-11-15(22-27-21-11)10-16(25)24-8-6-12(7-9-24)17-20-18(26-23-17)13-2-4-14(19)5-3-13/h2-5,12H,6-10H2,1H3. The molecule has 3 heterocycles. The van der Waals surface area contributed by atoms with Gasteiger partial charge < -0.3 is 9.42 Å². The van der Waals surface area contributed by atoms with Crippen LogP contribution in [0.1, 0.15) is 36.0 Å². The summed E-state index contributed by atoms with van der Waals surface area (Å²) in [6.07, 6.45) is 1.70. The van der Waals surface area contributed by atoms with Gasteiger partial charge in [0, 0.05) is 24.6 Å². The molecule has 2 aromatic heterocycles. The van der Waals surface area contributed by atoms with E-state index in [9.17, 15) is 9.18 Å². The second-order valence-corrected chi connectivity index (χ2v) is 6.59. The number of rotatable bonds is 4. The van der Waals surface area contributed by atoms with Gasteiger partial charge in [0.25, 0.3) is 5.89 Å². The van der Waals surface area contributed by atoms with Crippen LogP contribution in [0.2, 0.25) is 0 Å². The van der Waals surface area contributed by atoms with E-state index in [0.717, 1.165) is 12.8 Å². The van der Waals surface area contributed by atoms with E-state index >= 15 is 0 Å². The summed E-state index contributed by atoms with van der Waals surface area (Å²) in [6.45, 7) is 3.00. The highest BCUT2D eigenvalue weighted by Gasteiger charge is 2.28. The maximum Gasteiger partial charge on any atom is 0.257 e. The normalized spacial score (nSPS) is 15.3. The number of hydrogen-bond donors (Lipinski definition) is 0. The quantitative estimate of drug-likeness (QED) is 0.695. The molecule has 27 heavy (non-hydrogen) atoms. The highest BCUT2D eigenvalue weighted by atomic mass is 19.1. The van der Waals surface area contributed by atoms with E-state index in [1.165, 1.54) is 12.1 Å². The zero-order chi connectivity index (χ0) is 18.8. The van der Waals surface area contributed by atoms with Gasteiger partial charge >= 0.3 is 0 Å². The maximum absolute atomic E-state index is 13.0. The van der Waals surface area contributed by atoms with Crippen LogP contribution in [0.25, 0.3) is 11.5 Å². The molecule has 1 fully saturated rings. The molecule has 1 saturated heterocycles. The summed E-state index contributed by atoms with van der Waals surface area (Å²) in [6, 6.07) is 5.92. The molecule has 4 rings (SSSR count).